The van der Waals surface area contributed by atoms with Crippen LogP contribution >= 0.6 is 0 Å². The Morgan fingerprint density at radius 1 is 1.04 bits per heavy atom. The zero-order valence-electron chi connectivity index (χ0n) is 16.1. The van der Waals surface area contributed by atoms with E-state index in [9.17, 15) is 8.78 Å². The van der Waals surface area contributed by atoms with Crippen molar-refractivity contribution in [1.29, 1.82) is 0 Å². The Labute approximate surface area is 164 Å². The molecule has 0 aliphatic carbocycles. The van der Waals surface area contributed by atoms with Gasteiger partial charge < -0.3 is 4.90 Å². The molecule has 0 unspecified atom stereocenters. The summed E-state index contributed by atoms with van der Waals surface area (Å²) in [6.45, 7) is 2.61. The largest absolute Gasteiger partial charge is 0.305 e. The van der Waals surface area contributed by atoms with Crippen LogP contribution in [0.1, 0.15) is 17.0 Å². The van der Waals surface area contributed by atoms with Crippen LogP contribution in [0.2, 0.25) is 0 Å². The molecule has 0 amide bonds. The first kappa shape index (κ1) is 18.8. The van der Waals surface area contributed by atoms with Gasteiger partial charge in [0.05, 0.1) is 11.9 Å². The Kier molecular flexibility index (Phi) is 5.24. The van der Waals surface area contributed by atoms with Crippen molar-refractivity contribution in [2.75, 3.05) is 27.2 Å². The van der Waals surface area contributed by atoms with E-state index < -0.39 is 0 Å². The molecule has 1 aliphatic heterocycles. The van der Waals surface area contributed by atoms with E-state index in [-0.39, 0.29) is 11.6 Å². The predicted molar refractivity (Wildman–Crippen MR) is 105 cm³/mol. The Morgan fingerprint density at radius 2 is 1.82 bits per heavy atom. The average molecular weight is 382 g/mol. The Balaban J connectivity index is 1.49. The molecular weight excluding hydrogens is 358 g/mol. The fourth-order valence-corrected chi connectivity index (χ4v) is 4.02. The number of nitrogens with zero attached hydrogens (tertiary/aromatic N) is 4. The minimum Gasteiger partial charge on any atom is -0.305 e. The maximum atomic E-state index is 13.5. The number of hydrogen-bond acceptors (Lipinski definition) is 3. The molecule has 2 atom stereocenters. The lowest BCUT2D eigenvalue weighted by Crippen LogP contribution is -2.34. The van der Waals surface area contributed by atoms with E-state index in [0.717, 1.165) is 30.8 Å². The maximum absolute atomic E-state index is 13.5. The highest BCUT2D eigenvalue weighted by Gasteiger charge is 2.35. The van der Waals surface area contributed by atoms with Crippen LogP contribution < -0.4 is 0 Å². The maximum Gasteiger partial charge on any atom is 0.125 e. The number of hydrogen-bond donors (Lipinski definition) is 0. The number of likely N-dealkylation sites (N-methyl/N-ethyl adjacent to an activating group) is 1. The highest BCUT2D eigenvalue weighted by Crippen LogP contribution is 2.31. The summed E-state index contributed by atoms with van der Waals surface area (Å²) in [5.74, 6) is -0.149. The van der Waals surface area contributed by atoms with Crippen molar-refractivity contribution in [2.24, 2.45) is 0 Å². The van der Waals surface area contributed by atoms with E-state index in [0.29, 0.717) is 17.6 Å². The summed E-state index contributed by atoms with van der Waals surface area (Å²) in [6.07, 6.45) is 3.78. The number of aromatic nitrogens is 2. The first-order valence-electron chi connectivity index (χ1n) is 9.43. The molecule has 4 rings (SSSR count). The van der Waals surface area contributed by atoms with Gasteiger partial charge in [0, 0.05) is 43.4 Å². The molecule has 4 nitrogen and oxygen atoms in total. The van der Waals surface area contributed by atoms with Crippen molar-refractivity contribution in [3.63, 3.8) is 0 Å². The lowest BCUT2D eigenvalue weighted by molar-refractivity contribution is 0.259. The van der Waals surface area contributed by atoms with Crippen LogP contribution in [0.15, 0.2) is 60.9 Å². The van der Waals surface area contributed by atoms with Crippen molar-refractivity contribution in [3.8, 4) is 5.69 Å². The van der Waals surface area contributed by atoms with E-state index in [4.69, 9.17) is 0 Å². The van der Waals surface area contributed by atoms with Crippen molar-refractivity contribution in [3.05, 3.63) is 83.7 Å². The van der Waals surface area contributed by atoms with Crippen LogP contribution in [0.5, 0.6) is 0 Å². The van der Waals surface area contributed by atoms with Gasteiger partial charge in [-0.25, -0.2) is 13.5 Å². The summed E-state index contributed by atoms with van der Waals surface area (Å²) in [7, 11) is 4.18. The normalized spacial score (nSPS) is 20.2. The smallest absolute Gasteiger partial charge is 0.125 e. The lowest BCUT2D eigenvalue weighted by Gasteiger charge is -2.25. The first-order valence-corrected chi connectivity index (χ1v) is 9.43. The van der Waals surface area contributed by atoms with Gasteiger partial charge in [-0.05, 0) is 50.0 Å². The highest BCUT2D eigenvalue weighted by molar-refractivity contribution is 5.32. The van der Waals surface area contributed by atoms with Crippen molar-refractivity contribution in [1.82, 2.24) is 19.6 Å². The molecule has 0 radical (unpaired) electrons. The van der Waals surface area contributed by atoms with Crippen LogP contribution in [-0.4, -0.2) is 52.8 Å². The molecule has 6 heteroatoms. The molecule has 1 aromatic heterocycles. The van der Waals surface area contributed by atoms with Gasteiger partial charge in [-0.15, -0.1) is 0 Å². The predicted octanol–water partition coefficient (Wildman–Crippen LogP) is 3.68. The summed E-state index contributed by atoms with van der Waals surface area (Å²) < 4.78 is 28.5. The summed E-state index contributed by atoms with van der Waals surface area (Å²) in [4.78, 5) is 4.63. The van der Waals surface area contributed by atoms with Gasteiger partial charge in [-0.3, -0.25) is 4.90 Å². The molecule has 0 bridgehead atoms. The van der Waals surface area contributed by atoms with Crippen LogP contribution in [-0.2, 0) is 6.54 Å². The summed E-state index contributed by atoms with van der Waals surface area (Å²) >= 11 is 0. The van der Waals surface area contributed by atoms with Crippen molar-refractivity contribution in [2.45, 2.75) is 18.5 Å². The second-order valence-corrected chi connectivity index (χ2v) is 7.66. The molecule has 2 aromatic carbocycles. The summed E-state index contributed by atoms with van der Waals surface area (Å²) in [5.41, 5.74) is 2.96. The standard InChI is InChI=1S/C22H24F2N4/c1-26(2)22-15-27(14-21(22)17-6-8-18(23)9-7-17)12-16-11-25-28(13-16)20-5-3-4-19(24)10-20/h3-11,13,21-22H,12,14-15H2,1-2H3/t21-,22+/m1/s1. The molecule has 1 aliphatic rings. The lowest BCUT2D eigenvalue weighted by atomic mass is 9.94. The van der Waals surface area contributed by atoms with Crippen LogP contribution in [0.3, 0.4) is 0 Å². The minimum absolute atomic E-state index is 0.204. The summed E-state index contributed by atoms with van der Waals surface area (Å²) in [6, 6.07) is 13.6. The van der Waals surface area contributed by atoms with Gasteiger partial charge in [0.1, 0.15) is 11.6 Å². The molecule has 0 N–H and O–H groups in total. The van der Waals surface area contributed by atoms with Crippen molar-refractivity contribution >= 4 is 0 Å². The van der Waals surface area contributed by atoms with Crippen LogP contribution in [0.25, 0.3) is 5.69 Å². The fraction of sp³-hybridized carbons (Fsp3) is 0.318. The third-order valence-electron chi connectivity index (χ3n) is 5.44. The molecule has 28 heavy (non-hydrogen) atoms. The number of halogens is 2. The zero-order valence-corrected chi connectivity index (χ0v) is 16.1. The van der Waals surface area contributed by atoms with Crippen molar-refractivity contribution < 1.29 is 8.78 Å². The summed E-state index contributed by atoms with van der Waals surface area (Å²) in [5, 5.41) is 4.38. The van der Waals surface area contributed by atoms with Gasteiger partial charge in [-0.2, -0.15) is 5.10 Å². The van der Waals surface area contributed by atoms with E-state index in [2.05, 4.69) is 29.0 Å². The molecule has 146 valence electrons. The van der Waals surface area contributed by atoms with Gasteiger partial charge in [0.15, 0.2) is 0 Å². The van der Waals surface area contributed by atoms with E-state index in [1.165, 1.54) is 24.3 Å². The van der Waals surface area contributed by atoms with E-state index >= 15 is 0 Å². The average Bonchev–Trinajstić information content (AvgIpc) is 3.30. The first-order chi connectivity index (χ1) is 13.5. The van der Waals surface area contributed by atoms with E-state index in [1.807, 2.05) is 30.6 Å². The molecule has 1 saturated heterocycles. The van der Waals surface area contributed by atoms with Gasteiger partial charge >= 0.3 is 0 Å². The molecular formula is C22H24F2N4. The third kappa shape index (κ3) is 3.98. The minimum atomic E-state index is -0.273. The number of rotatable bonds is 5. The molecule has 1 fully saturated rings. The topological polar surface area (TPSA) is 24.3 Å². The SMILES string of the molecule is CN(C)[C@H]1CN(Cc2cnn(-c3cccc(F)c3)c2)C[C@@H]1c1ccc(F)cc1. The molecule has 3 aromatic rings. The van der Waals surface area contributed by atoms with Crippen LogP contribution in [0.4, 0.5) is 8.78 Å². The molecule has 0 spiro atoms. The van der Waals surface area contributed by atoms with Crippen LogP contribution in [0, 0.1) is 11.6 Å². The number of likely N-dealkylation sites (tertiary alicyclic amines) is 1. The molecule has 2 heterocycles. The third-order valence-corrected chi connectivity index (χ3v) is 5.44. The molecule has 0 saturated carbocycles. The quantitative estimate of drug-likeness (QED) is 0.673. The van der Waals surface area contributed by atoms with Gasteiger partial charge in [-0.1, -0.05) is 18.2 Å². The highest BCUT2D eigenvalue weighted by atomic mass is 19.1. The Bertz CT molecular complexity index is 936. The Hall–Kier alpha value is -2.57. The van der Waals surface area contributed by atoms with Gasteiger partial charge in [0.2, 0.25) is 0 Å². The zero-order chi connectivity index (χ0) is 19.7. The number of benzene rings is 2. The van der Waals surface area contributed by atoms with Gasteiger partial charge in [0.25, 0.3) is 0 Å². The van der Waals surface area contributed by atoms with E-state index in [1.54, 1.807) is 10.7 Å². The monoisotopic (exact) mass is 382 g/mol. The fourth-order valence-electron chi connectivity index (χ4n) is 4.02. The second kappa shape index (κ2) is 7.81. The second-order valence-electron chi connectivity index (χ2n) is 7.66. The Morgan fingerprint density at radius 3 is 2.54 bits per heavy atom.